The van der Waals surface area contributed by atoms with E-state index >= 15 is 0 Å². The van der Waals surface area contributed by atoms with E-state index in [1.54, 1.807) is 0 Å². The van der Waals surface area contributed by atoms with E-state index < -0.39 is 14.9 Å². The van der Waals surface area contributed by atoms with Gasteiger partial charge < -0.3 is 5.73 Å². The highest BCUT2D eigenvalue weighted by atomic mass is 32.2. The molecule has 1 heterocycles. The lowest BCUT2D eigenvalue weighted by Gasteiger charge is -2.16. The predicted octanol–water partition coefficient (Wildman–Crippen LogP) is 2.06. The Hall–Kier alpha value is -1.97. The van der Waals surface area contributed by atoms with E-state index in [9.17, 15) is 18.5 Å². The summed E-state index contributed by atoms with van der Waals surface area (Å²) in [6.07, 6.45) is 0. The van der Waals surface area contributed by atoms with Crippen LogP contribution in [0.3, 0.4) is 0 Å². The van der Waals surface area contributed by atoms with Gasteiger partial charge in [0, 0.05) is 19.7 Å². The number of benzene rings is 1. The molecule has 9 heteroatoms. The Morgan fingerprint density at radius 1 is 1.38 bits per heavy atom. The SMILES string of the molecule is CN(Cc1ccsc1)S(=O)(=O)c1ccc([N+](=O)[O-])c(N)c1. The first kappa shape index (κ1) is 15.4. The summed E-state index contributed by atoms with van der Waals surface area (Å²) in [5.74, 6) is 0. The molecule has 0 radical (unpaired) electrons. The van der Waals surface area contributed by atoms with Crippen molar-refractivity contribution in [3.05, 3.63) is 50.7 Å². The van der Waals surface area contributed by atoms with Gasteiger partial charge in [0.15, 0.2) is 0 Å². The van der Waals surface area contributed by atoms with Gasteiger partial charge in [-0.25, -0.2) is 8.42 Å². The van der Waals surface area contributed by atoms with E-state index in [4.69, 9.17) is 5.73 Å². The number of sulfonamides is 1. The van der Waals surface area contributed by atoms with Crippen LogP contribution in [0.1, 0.15) is 5.56 Å². The van der Waals surface area contributed by atoms with Crippen LogP contribution in [0, 0.1) is 10.1 Å². The van der Waals surface area contributed by atoms with E-state index in [2.05, 4.69) is 0 Å². The molecule has 2 aromatic rings. The number of hydrogen-bond acceptors (Lipinski definition) is 6. The van der Waals surface area contributed by atoms with Crippen LogP contribution in [-0.4, -0.2) is 24.7 Å². The second-order valence-electron chi connectivity index (χ2n) is 4.37. The molecule has 0 bridgehead atoms. The van der Waals surface area contributed by atoms with Crippen molar-refractivity contribution >= 4 is 32.7 Å². The Morgan fingerprint density at radius 2 is 2.10 bits per heavy atom. The van der Waals surface area contributed by atoms with E-state index in [0.29, 0.717) is 0 Å². The third kappa shape index (κ3) is 3.20. The first-order valence-corrected chi connectivity index (χ1v) is 8.22. The van der Waals surface area contributed by atoms with E-state index in [-0.39, 0.29) is 22.8 Å². The molecule has 21 heavy (non-hydrogen) atoms. The summed E-state index contributed by atoms with van der Waals surface area (Å²) in [5, 5.41) is 14.4. The second kappa shape index (κ2) is 5.80. The maximum atomic E-state index is 12.4. The number of nitrogens with zero attached hydrogens (tertiary/aromatic N) is 2. The molecule has 0 aliphatic carbocycles. The van der Waals surface area contributed by atoms with Crippen LogP contribution in [0.25, 0.3) is 0 Å². The molecule has 0 saturated heterocycles. The van der Waals surface area contributed by atoms with Gasteiger partial charge in [-0.3, -0.25) is 10.1 Å². The van der Waals surface area contributed by atoms with Crippen molar-refractivity contribution in [1.82, 2.24) is 4.31 Å². The standard InChI is InChI=1S/C12H13N3O4S2/c1-14(7-9-4-5-20-8-9)21(18,19)10-2-3-12(15(16)17)11(13)6-10/h2-6,8H,7,13H2,1H3. The molecule has 0 spiro atoms. The summed E-state index contributed by atoms with van der Waals surface area (Å²) in [5.41, 5.74) is 5.92. The molecule has 0 atom stereocenters. The van der Waals surface area contributed by atoms with Crippen molar-refractivity contribution in [3.63, 3.8) is 0 Å². The first-order valence-electron chi connectivity index (χ1n) is 5.83. The van der Waals surface area contributed by atoms with Gasteiger partial charge in [0.25, 0.3) is 5.69 Å². The van der Waals surface area contributed by atoms with Gasteiger partial charge in [-0.05, 0) is 34.5 Å². The van der Waals surface area contributed by atoms with Crippen LogP contribution in [0.15, 0.2) is 39.9 Å². The van der Waals surface area contributed by atoms with Crippen LogP contribution in [0.2, 0.25) is 0 Å². The topological polar surface area (TPSA) is 107 Å². The first-order chi connectivity index (χ1) is 9.82. The number of nitro groups is 1. The third-order valence-electron chi connectivity index (χ3n) is 2.89. The minimum Gasteiger partial charge on any atom is -0.393 e. The molecular weight excluding hydrogens is 314 g/mol. The van der Waals surface area contributed by atoms with Gasteiger partial charge >= 0.3 is 0 Å². The van der Waals surface area contributed by atoms with Gasteiger partial charge in [0.1, 0.15) is 5.69 Å². The zero-order valence-electron chi connectivity index (χ0n) is 11.1. The number of hydrogen-bond donors (Lipinski definition) is 1. The van der Waals surface area contributed by atoms with Crippen LogP contribution >= 0.6 is 11.3 Å². The fourth-order valence-corrected chi connectivity index (χ4v) is 3.62. The summed E-state index contributed by atoms with van der Waals surface area (Å²) in [6, 6.07) is 5.23. The largest absolute Gasteiger partial charge is 0.393 e. The molecule has 112 valence electrons. The van der Waals surface area contributed by atoms with E-state index in [1.165, 1.54) is 28.8 Å². The molecule has 7 nitrogen and oxygen atoms in total. The molecular formula is C12H13N3O4S2. The Balaban J connectivity index is 2.31. The maximum absolute atomic E-state index is 12.4. The summed E-state index contributed by atoms with van der Waals surface area (Å²) >= 11 is 1.48. The lowest BCUT2D eigenvalue weighted by molar-refractivity contribution is -0.383. The van der Waals surface area contributed by atoms with Crippen LogP contribution in [0.5, 0.6) is 0 Å². The molecule has 0 aliphatic rings. The summed E-state index contributed by atoms with van der Waals surface area (Å²) in [7, 11) is -2.30. The average Bonchev–Trinajstić information content (AvgIpc) is 2.90. The van der Waals surface area contributed by atoms with Gasteiger partial charge in [0.2, 0.25) is 10.0 Å². The lowest BCUT2D eigenvalue weighted by atomic mass is 10.3. The monoisotopic (exact) mass is 327 g/mol. The maximum Gasteiger partial charge on any atom is 0.292 e. The van der Waals surface area contributed by atoms with Crippen molar-refractivity contribution < 1.29 is 13.3 Å². The van der Waals surface area contributed by atoms with E-state index in [1.807, 2.05) is 16.8 Å². The highest BCUT2D eigenvalue weighted by Crippen LogP contribution is 2.26. The number of nitrogens with two attached hydrogens (primary N) is 1. The van der Waals surface area contributed by atoms with Crippen LogP contribution in [0.4, 0.5) is 11.4 Å². The van der Waals surface area contributed by atoms with Crippen molar-refractivity contribution in [1.29, 1.82) is 0 Å². The van der Waals surface area contributed by atoms with Gasteiger partial charge in [0.05, 0.1) is 9.82 Å². The smallest absolute Gasteiger partial charge is 0.292 e. The van der Waals surface area contributed by atoms with Crippen molar-refractivity contribution in [3.8, 4) is 0 Å². The Morgan fingerprint density at radius 3 is 2.62 bits per heavy atom. The van der Waals surface area contributed by atoms with Gasteiger partial charge in [-0.15, -0.1) is 0 Å². The third-order valence-corrected chi connectivity index (χ3v) is 5.42. The van der Waals surface area contributed by atoms with E-state index in [0.717, 1.165) is 17.7 Å². The molecule has 0 fully saturated rings. The number of anilines is 1. The van der Waals surface area contributed by atoms with Crippen LogP contribution in [-0.2, 0) is 16.6 Å². The molecule has 0 amide bonds. The fraction of sp³-hybridized carbons (Fsp3) is 0.167. The predicted molar refractivity (Wildman–Crippen MR) is 80.5 cm³/mol. The normalized spacial score (nSPS) is 11.7. The van der Waals surface area contributed by atoms with Crippen LogP contribution < -0.4 is 5.73 Å². The summed E-state index contributed by atoms with van der Waals surface area (Å²) in [6.45, 7) is 0.225. The molecule has 2 rings (SSSR count). The van der Waals surface area contributed by atoms with Crippen molar-refractivity contribution in [2.75, 3.05) is 12.8 Å². The number of nitro benzene ring substituents is 1. The van der Waals surface area contributed by atoms with Crippen molar-refractivity contribution in [2.24, 2.45) is 0 Å². The molecule has 1 aromatic heterocycles. The highest BCUT2D eigenvalue weighted by Gasteiger charge is 2.23. The Kier molecular flexibility index (Phi) is 4.26. The second-order valence-corrected chi connectivity index (χ2v) is 7.20. The van der Waals surface area contributed by atoms with Gasteiger partial charge in [-0.2, -0.15) is 15.6 Å². The van der Waals surface area contributed by atoms with Crippen molar-refractivity contribution in [2.45, 2.75) is 11.4 Å². The van der Waals surface area contributed by atoms with Gasteiger partial charge in [-0.1, -0.05) is 0 Å². The average molecular weight is 327 g/mol. The number of nitrogen functional groups attached to an aromatic ring is 1. The molecule has 1 aromatic carbocycles. The molecule has 0 saturated carbocycles. The summed E-state index contributed by atoms with van der Waals surface area (Å²) < 4.78 is 26.0. The molecule has 0 aliphatic heterocycles. The number of thiophene rings is 1. The molecule has 2 N–H and O–H groups in total. The number of rotatable bonds is 5. The Bertz CT molecular complexity index is 757. The summed E-state index contributed by atoms with van der Waals surface area (Å²) in [4.78, 5) is 9.98. The quantitative estimate of drug-likeness (QED) is 0.514. The minimum atomic E-state index is -3.74. The Labute approximate surface area is 125 Å². The zero-order valence-corrected chi connectivity index (χ0v) is 12.7. The minimum absolute atomic E-state index is 0.0664. The zero-order chi connectivity index (χ0) is 15.6. The lowest BCUT2D eigenvalue weighted by Crippen LogP contribution is -2.26. The highest BCUT2D eigenvalue weighted by molar-refractivity contribution is 7.89. The fourth-order valence-electron chi connectivity index (χ4n) is 1.76. The molecule has 0 unspecified atom stereocenters.